The van der Waals surface area contributed by atoms with Crippen LogP contribution in [0.2, 0.25) is 0 Å². The Bertz CT molecular complexity index is 932. The number of nitrogens with two attached hydrogens (primary N) is 1. The average Bonchev–Trinajstić information content (AvgIpc) is 3.07. The molecular weight excluding hydrogens is 408 g/mol. The number of rotatable bonds is 6. The van der Waals surface area contributed by atoms with Crippen molar-refractivity contribution in [3.05, 3.63) is 12.7 Å². The van der Waals surface area contributed by atoms with Gasteiger partial charge in [-0.3, -0.25) is 13.7 Å². The second-order valence-corrected chi connectivity index (χ2v) is 9.86. The number of anilines is 1. The summed E-state index contributed by atoms with van der Waals surface area (Å²) in [6.45, 7) is -0.688. The maximum atomic E-state index is 11.7. The highest BCUT2D eigenvalue weighted by Crippen LogP contribution is 2.55. The lowest BCUT2D eigenvalue weighted by Crippen LogP contribution is -2.33. The summed E-state index contributed by atoms with van der Waals surface area (Å²) >= 11 is 0. The highest BCUT2D eigenvalue weighted by molar-refractivity contribution is 7.70. The normalized spacial score (nSPS) is 28.5. The molecule has 0 radical (unpaired) electrons. The van der Waals surface area contributed by atoms with Gasteiger partial charge < -0.3 is 39.9 Å². The first-order chi connectivity index (χ1) is 12.5. The SMILES string of the molecule is Nc1ncnc2c1ncn2[C@@H]1O[C@H](COP(=O)(O)CP(=O)(O)O)C(O)[C@@H]1O. The fraction of sp³-hybridized carbons (Fsp3) is 0.545. The highest BCUT2D eigenvalue weighted by Gasteiger charge is 2.45. The molecule has 3 rings (SSSR count). The van der Waals surface area contributed by atoms with Gasteiger partial charge in [-0.2, -0.15) is 0 Å². The minimum Gasteiger partial charge on any atom is -0.387 e. The van der Waals surface area contributed by atoms with Gasteiger partial charge in [0.15, 0.2) is 23.6 Å². The Hall–Kier alpha value is -1.47. The minimum absolute atomic E-state index is 0.102. The van der Waals surface area contributed by atoms with E-state index in [1.54, 1.807) is 0 Å². The first-order valence-corrected chi connectivity index (χ1v) is 11.0. The van der Waals surface area contributed by atoms with Gasteiger partial charge in [0.2, 0.25) is 0 Å². The lowest BCUT2D eigenvalue weighted by Gasteiger charge is -2.18. The van der Waals surface area contributed by atoms with Crippen LogP contribution in [0.15, 0.2) is 12.7 Å². The van der Waals surface area contributed by atoms with Gasteiger partial charge in [-0.25, -0.2) is 15.0 Å². The second-order valence-electron chi connectivity index (χ2n) is 5.87. The van der Waals surface area contributed by atoms with E-state index in [2.05, 4.69) is 19.5 Å². The number of imidazole rings is 1. The van der Waals surface area contributed by atoms with Gasteiger partial charge in [-0.15, -0.1) is 0 Å². The molecule has 1 saturated heterocycles. The predicted molar refractivity (Wildman–Crippen MR) is 88.3 cm³/mol. The summed E-state index contributed by atoms with van der Waals surface area (Å²) in [4.78, 5) is 38.8. The summed E-state index contributed by atoms with van der Waals surface area (Å²) in [5.41, 5.74) is 6.17. The lowest BCUT2D eigenvalue weighted by molar-refractivity contribution is -0.0483. The molecule has 3 heterocycles. The van der Waals surface area contributed by atoms with Gasteiger partial charge in [0, 0.05) is 0 Å². The summed E-state index contributed by atoms with van der Waals surface area (Å²) < 4.78 is 33.9. The number of fused-ring (bicyclic) bond motifs is 1. The smallest absolute Gasteiger partial charge is 0.340 e. The Morgan fingerprint density at radius 2 is 1.89 bits per heavy atom. The van der Waals surface area contributed by atoms with Crippen molar-refractivity contribution in [2.24, 2.45) is 0 Å². The number of nitrogen functional groups attached to an aromatic ring is 1. The zero-order chi connectivity index (χ0) is 20.0. The Morgan fingerprint density at radius 1 is 1.19 bits per heavy atom. The third kappa shape index (κ3) is 4.35. The zero-order valence-corrected chi connectivity index (χ0v) is 15.3. The molecule has 1 aliphatic heterocycles. The van der Waals surface area contributed by atoms with Gasteiger partial charge in [0.25, 0.3) is 0 Å². The summed E-state index contributed by atoms with van der Waals surface area (Å²) in [7, 11) is -9.42. The first-order valence-electron chi connectivity index (χ1n) is 7.44. The van der Waals surface area contributed by atoms with Crippen molar-refractivity contribution in [1.82, 2.24) is 19.5 Å². The molecule has 150 valence electrons. The number of hydrogen-bond donors (Lipinski definition) is 6. The molecule has 5 atom stereocenters. The van der Waals surface area contributed by atoms with Gasteiger partial charge in [0.05, 0.1) is 12.9 Å². The van der Waals surface area contributed by atoms with E-state index in [9.17, 15) is 24.2 Å². The van der Waals surface area contributed by atoms with Crippen molar-refractivity contribution in [1.29, 1.82) is 0 Å². The Morgan fingerprint density at radius 3 is 2.56 bits per heavy atom. The molecule has 2 aromatic rings. The molecule has 0 saturated carbocycles. The maximum Gasteiger partial charge on any atom is 0.340 e. The van der Waals surface area contributed by atoms with Crippen molar-refractivity contribution in [2.45, 2.75) is 24.5 Å². The zero-order valence-electron chi connectivity index (χ0n) is 13.5. The number of ether oxygens (including phenoxy) is 1. The Balaban J connectivity index is 1.75. The van der Waals surface area contributed by atoms with Crippen LogP contribution in [0.4, 0.5) is 5.82 Å². The molecule has 14 nitrogen and oxygen atoms in total. The van der Waals surface area contributed by atoms with Crippen LogP contribution < -0.4 is 5.73 Å². The summed E-state index contributed by atoms with van der Waals surface area (Å²) in [6.07, 6.45) is -2.94. The first kappa shape index (κ1) is 20.3. The van der Waals surface area contributed by atoms with Crippen LogP contribution in [0.5, 0.6) is 0 Å². The molecule has 2 aromatic heterocycles. The minimum atomic E-state index is -4.79. The molecule has 1 fully saturated rings. The van der Waals surface area contributed by atoms with E-state index >= 15 is 0 Å². The molecule has 0 aromatic carbocycles. The van der Waals surface area contributed by atoms with Crippen LogP contribution >= 0.6 is 15.2 Å². The van der Waals surface area contributed by atoms with E-state index in [1.165, 1.54) is 17.2 Å². The number of hydrogen-bond acceptors (Lipinski definition) is 10. The third-order valence-electron chi connectivity index (χ3n) is 3.80. The number of aliphatic hydroxyl groups excluding tert-OH is 2. The van der Waals surface area contributed by atoms with Crippen LogP contribution in [-0.4, -0.2) is 75.2 Å². The molecule has 0 spiro atoms. The van der Waals surface area contributed by atoms with E-state index in [1.807, 2.05) is 0 Å². The molecule has 7 N–H and O–H groups in total. The largest absolute Gasteiger partial charge is 0.387 e. The van der Waals surface area contributed by atoms with Crippen LogP contribution in [0.25, 0.3) is 11.2 Å². The molecular formula is C11H17N5O9P2. The standard InChI is InChI=1S/C11H17N5O9P2/c12-9-6-10(14-2-13-9)16(3-15-6)11-8(18)7(17)5(25-11)1-24-27(22,23)4-26(19,20)21/h2-3,5,7-8,11,17-18H,1,4H2,(H,22,23)(H2,12,13,14)(H2,19,20,21)/t5-,7?,8+,11-/m1/s1. The van der Waals surface area contributed by atoms with Gasteiger partial charge in [0.1, 0.15) is 30.2 Å². The predicted octanol–water partition coefficient (Wildman–Crippen LogP) is -1.64. The molecule has 0 aliphatic carbocycles. The molecule has 27 heavy (non-hydrogen) atoms. The van der Waals surface area contributed by atoms with Crippen molar-refractivity contribution in [3.63, 3.8) is 0 Å². The van der Waals surface area contributed by atoms with E-state index in [0.29, 0.717) is 0 Å². The maximum absolute atomic E-state index is 11.7. The third-order valence-corrected chi connectivity index (χ3v) is 7.26. The number of aliphatic hydroxyl groups is 2. The Kier molecular flexibility index (Phi) is 5.38. The van der Waals surface area contributed by atoms with E-state index in [4.69, 9.17) is 20.3 Å². The van der Waals surface area contributed by atoms with Gasteiger partial charge in [-0.05, 0) is 0 Å². The molecule has 16 heteroatoms. The lowest BCUT2D eigenvalue weighted by atomic mass is 10.1. The van der Waals surface area contributed by atoms with Crippen LogP contribution in [0, 0.1) is 0 Å². The van der Waals surface area contributed by atoms with Crippen LogP contribution in [0.3, 0.4) is 0 Å². The molecule has 0 bridgehead atoms. The van der Waals surface area contributed by atoms with Gasteiger partial charge >= 0.3 is 15.2 Å². The van der Waals surface area contributed by atoms with E-state index in [-0.39, 0.29) is 17.0 Å². The number of nitrogens with zero attached hydrogens (tertiary/aromatic N) is 4. The Labute approximate surface area is 151 Å². The van der Waals surface area contributed by atoms with Crippen molar-refractivity contribution >= 4 is 32.2 Å². The summed E-state index contributed by atoms with van der Waals surface area (Å²) in [6, 6.07) is 0. The summed E-state index contributed by atoms with van der Waals surface area (Å²) in [5.74, 6) is -1.28. The highest BCUT2D eigenvalue weighted by atomic mass is 31.2. The van der Waals surface area contributed by atoms with Crippen molar-refractivity contribution in [2.75, 3.05) is 18.2 Å². The fourth-order valence-electron chi connectivity index (χ4n) is 2.62. The van der Waals surface area contributed by atoms with Crippen LogP contribution in [0.1, 0.15) is 6.23 Å². The molecule has 0 amide bonds. The van der Waals surface area contributed by atoms with Crippen molar-refractivity contribution in [3.8, 4) is 0 Å². The second kappa shape index (κ2) is 7.17. The summed E-state index contributed by atoms with van der Waals surface area (Å²) in [5, 5.41) is 20.3. The monoisotopic (exact) mass is 425 g/mol. The average molecular weight is 425 g/mol. The quantitative estimate of drug-likeness (QED) is 0.286. The van der Waals surface area contributed by atoms with Gasteiger partial charge in [-0.1, -0.05) is 0 Å². The van der Waals surface area contributed by atoms with E-state index < -0.39 is 52.2 Å². The molecule has 1 aliphatic rings. The fourth-order valence-corrected chi connectivity index (χ4v) is 5.19. The number of aromatic nitrogens is 4. The topological polar surface area (TPSA) is 223 Å². The van der Waals surface area contributed by atoms with Crippen LogP contribution in [-0.2, 0) is 18.4 Å². The van der Waals surface area contributed by atoms with E-state index in [0.717, 1.165) is 0 Å². The molecule has 2 unspecified atom stereocenters. The van der Waals surface area contributed by atoms with Crippen molar-refractivity contribution < 1.29 is 43.3 Å².